The van der Waals surface area contributed by atoms with E-state index in [0.717, 1.165) is 88.2 Å². The Labute approximate surface area is 346 Å². The lowest BCUT2D eigenvalue weighted by Crippen LogP contribution is -2.13. The van der Waals surface area contributed by atoms with Gasteiger partial charge in [-0.2, -0.15) is 4.98 Å². The quantitative estimate of drug-likeness (QED) is 0.163. The SMILES string of the molecule is c1ccc2cc(N(c3ccc4c(c3)oc3ccccc34)c3cc4oc5nc(N(c6ccc7ccccc7c6)c6ccc7c(c6)oc6ccccc67)ncc5c4nn3)ccc2c1. The molecule has 286 valence electrons. The fourth-order valence-corrected chi connectivity index (χ4v) is 8.68. The topological polar surface area (TPSA) is 97.5 Å². The summed E-state index contributed by atoms with van der Waals surface area (Å²) in [5.41, 5.74) is 8.21. The molecule has 0 spiro atoms. The Hall–Kier alpha value is -8.56. The zero-order chi connectivity index (χ0) is 40.0. The zero-order valence-corrected chi connectivity index (χ0v) is 32.2. The van der Waals surface area contributed by atoms with Crippen molar-refractivity contribution in [3.05, 3.63) is 182 Å². The number of nitrogens with zero attached hydrogens (tertiary/aromatic N) is 6. The summed E-state index contributed by atoms with van der Waals surface area (Å²) in [5.74, 6) is 1.00. The molecule has 13 aromatic rings. The number of benzene rings is 8. The molecule has 0 bridgehead atoms. The van der Waals surface area contributed by atoms with Gasteiger partial charge < -0.3 is 13.3 Å². The standard InChI is InChI=1S/C52H30N6O3/c1-3-11-33-25-35(19-17-31(33)9-1)57(37-21-23-41-39-13-5-7-15-44(39)59-46(41)27-37)49-29-48-50(56-55-49)43-30-53-52(54-51(43)61-48)58(36-20-18-32-10-2-4-12-34(32)26-36)38-22-24-42-40-14-6-8-16-45(40)60-47(42)28-38/h1-30H. The van der Waals surface area contributed by atoms with E-state index >= 15 is 0 Å². The van der Waals surface area contributed by atoms with E-state index in [-0.39, 0.29) is 0 Å². The van der Waals surface area contributed by atoms with E-state index in [4.69, 9.17) is 33.4 Å². The first-order valence-corrected chi connectivity index (χ1v) is 20.0. The molecule has 61 heavy (non-hydrogen) atoms. The molecule has 0 saturated carbocycles. The van der Waals surface area contributed by atoms with Crippen LogP contribution in [-0.2, 0) is 0 Å². The molecule has 0 aliphatic carbocycles. The van der Waals surface area contributed by atoms with E-state index in [1.165, 1.54) is 0 Å². The van der Waals surface area contributed by atoms with Gasteiger partial charge in [0, 0.05) is 57.3 Å². The van der Waals surface area contributed by atoms with Gasteiger partial charge in [-0.3, -0.25) is 9.80 Å². The van der Waals surface area contributed by atoms with Crippen molar-refractivity contribution in [1.29, 1.82) is 0 Å². The summed E-state index contributed by atoms with van der Waals surface area (Å²) in [4.78, 5) is 14.1. The molecule has 0 N–H and O–H groups in total. The van der Waals surface area contributed by atoms with Crippen molar-refractivity contribution in [2.24, 2.45) is 0 Å². The van der Waals surface area contributed by atoms with Gasteiger partial charge in [0.15, 0.2) is 11.4 Å². The Bertz CT molecular complexity index is 3640. The van der Waals surface area contributed by atoms with E-state index in [1.54, 1.807) is 6.20 Å². The van der Waals surface area contributed by atoms with Crippen molar-refractivity contribution in [2.45, 2.75) is 0 Å². The second-order valence-corrected chi connectivity index (χ2v) is 15.2. The number of para-hydroxylation sites is 2. The van der Waals surface area contributed by atoms with E-state index in [1.807, 2.05) is 77.7 Å². The maximum Gasteiger partial charge on any atom is 0.237 e. The smallest absolute Gasteiger partial charge is 0.237 e. The van der Waals surface area contributed by atoms with Crippen molar-refractivity contribution in [3.63, 3.8) is 0 Å². The van der Waals surface area contributed by atoms with Crippen molar-refractivity contribution in [1.82, 2.24) is 20.2 Å². The maximum atomic E-state index is 6.59. The minimum atomic E-state index is 0.392. The van der Waals surface area contributed by atoms with Crippen LogP contribution in [0, 0.1) is 0 Å². The molecule has 5 aromatic heterocycles. The summed E-state index contributed by atoms with van der Waals surface area (Å²) in [6, 6.07) is 59.9. The van der Waals surface area contributed by atoms with Crippen LogP contribution in [0.2, 0.25) is 0 Å². The van der Waals surface area contributed by atoms with Gasteiger partial charge in [0.25, 0.3) is 0 Å². The van der Waals surface area contributed by atoms with Crippen molar-refractivity contribution < 1.29 is 13.3 Å². The molecule has 0 saturated heterocycles. The summed E-state index contributed by atoms with van der Waals surface area (Å²) in [5, 5.41) is 18.9. The molecule has 0 unspecified atom stereocenters. The molecule has 0 aliphatic rings. The number of anilines is 6. The van der Waals surface area contributed by atoms with Crippen molar-refractivity contribution in [2.75, 3.05) is 9.80 Å². The molecule has 0 atom stereocenters. The third-order valence-corrected chi connectivity index (χ3v) is 11.6. The molecule has 9 heteroatoms. The predicted octanol–water partition coefficient (Wildman–Crippen LogP) is 14.2. The van der Waals surface area contributed by atoms with Gasteiger partial charge in [0.2, 0.25) is 11.7 Å². The Morgan fingerprint density at radius 3 is 1.51 bits per heavy atom. The van der Waals surface area contributed by atoms with Gasteiger partial charge >= 0.3 is 0 Å². The van der Waals surface area contributed by atoms with Crippen molar-refractivity contribution >= 4 is 122 Å². The second kappa shape index (κ2) is 13.0. The third kappa shape index (κ3) is 5.34. The van der Waals surface area contributed by atoms with Crippen LogP contribution >= 0.6 is 0 Å². The molecule has 0 aliphatic heterocycles. The highest BCUT2D eigenvalue weighted by atomic mass is 16.3. The molecular formula is C52H30N6O3. The first-order chi connectivity index (χ1) is 30.2. The third-order valence-electron chi connectivity index (χ3n) is 11.6. The van der Waals surface area contributed by atoms with Gasteiger partial charge in [-0.25, -0.2) is 4.98 Å². The number of hydrogen-bond donors (Lipinski definition) is 0. The second-order valence-electron chi connectivity index (χ2n) is 15.2. The zero-order valence-electron chi connectivity index (χ0n) is 32.2. The van der Waals surface area contributed by atoms with Gasteiger partial charge in [-0.15, -0.1) is 10.2 Å². The monoisotopic (exact) mass is 786 g/mol. The summed E-state index contributed by atoms with van der Waals surface area (Å²) in [6.07, 6.45) is 1.77. The van der Waals surface area contributed by atoms with Crippen LogP contribution in [0.1, 0.15) is 0 Å². The molecule has 0 radical (unpaired) electrons. The highest BCUT2D eigenvalue weighted by molar-refractivity contribution is 6.08. The largest absolute Gasteiger partial charge is 0.456 e. The number of fused-ring (bicyclic) bond motifs is 11. The molecule has 8 aromatic carbocycles. The molecule has 0 amide bonds. The summed E-state index contributed by atoms with van der Waals surface area (Å²) in [7, 11) is 0. The lowest BCUT2D eigenvalue weighted by atomic mass is 10.1. The van der Waals surface area contributed by atoms with Crippen LogP contribution in [0.3, 0.4) is 0 Å². The number of furan rings is 3. The van der Waals surface area contributed by atoms with E-state index < -0.39 is 0 Å². The minimum Gasteiger partial charge on any atom is -0.456 e. The Morgan fingerprint density at radius 1 is 0.361 bits per heavy atom. The Morgan fingerprint density at radius 2 is 0.869 bits per heavy atom. The lowest BCUT2D eigenvalue weighted by Gasteiger charge is -2.24. The van der Waals surface area contributed by atoms with E-state index in [9.17, 15) is 0 Å². The average Bonchev–Trinajstić information content (AvgIpc) is 3.99. The number of rotatable bonds is 6. The molecular weight excluding hydrogens is 757 g/mol. The lowest BCUT2D eigenvalue weighted by molar-refractivity contribution is 0.651. The first kappa shape index (κ1) is 33.4. The Kier molecular flexibility index (Phi) is 7.11. The highest BCUT2D eigenvalue weighted by Crippen LogP contribution is 2.42. The summed E-state index contributed by atoms with van der Waals surface area (Å²) < 4.78 is 19.3. The minimum absolute atomic E-state index is 0.392. The first-order valence-electron chi connectivity index (χ1n) is 20.0. The average molecular weight is 787 g/mol. The van der Waals surface area contributed by atoms with Crippen LogP contribution in [0.4, 0.5) is 34.5 Å². The van der Waals surface area contributed by atoms with Gasteiger partial charge in [0.1, 0.15) is 27.8 Å². The van der Waals surface area contributed by atoms with Gasteiger partial charge in [-0.1, -0.05) is 97.1 Å². The molecule has 0 fully saturated rings. The summed E-state index contributed by atoms with van der Waals surface area (Å²) >= 11 is 0. The normalized spacial score (nSPS) is 11.9. The predicted molar refractivity (Wildman–Crippen MR) is 244 cm³/mol. The maximum absolute atomic E-state index is 6.59. The van der Waals surface area contributed by atoms with Crippen molar-refractivity contribution in [3.8, 4) is 0 Å². The van der Waals surface area contributed by atoms with Crippen LogP contribution in [0.15, 0.2) is 195 Å². The van der Waals surface area contributed by atoms with Gasteiger partial charge in [-0.05, 0) is 82.2 Å². The molecule has 5 heterocycles. The number of hydrogen-bond acceptors (Lipinski definition) is 9. The number of aromatic nitrogens is 4. The van der Waals surface area contributed by atoms with Crippen LogP contribution < -0.4 is 9.80 Å². The highest BCUT2D eigenvalue weighted by Gasteiger charge is 2.23. The van der Waals surface area contributed by atoms with Crippen LogP contribution in [-0.4, -0.2) is 20.2 Å². The molecule has 13 rings (SSSR count). The molecule has 9 nitrogen and oxygen atoms in total. The van der Waals surface area contributed by atoms with Crippen LogP contribution in [0.25, 0.3) is 87.6 Å². The fourth-order valence-electron chi connectivity index (χ4n) is 8.68. The Balaban J connectivity index is 0.961. The van der Waals surface area contributed by atoms with Gasteiger partial charge in [0.05, 0.1) is 16.8 Å². The van der Waals surface area contributed by atoms with Crippen LogP contribution in [0.5, 0.6) is 0 Å². The van der Waals surface area contributed by atoms with E-state index in [2.05, 4.69) is 108 Å². The van der Waals surface area contributed by atoms with E-state index in [0.29, 0.717) is 34.0 Å². The fraction of sp³-hybridized carbons (Fsp3) is 0. The summed E-state index contributed by atoms with van der Waals surface area (Å²) in [6.45, 7) is 0.